The van der Waals surface area contributed by atoms with Crippen molar-refractivity contribution in [2.75, 3.05) is 0 Å². The van der Waals surface area contributed by atoms with Crippen molar-refractivity contribution in [1.82, 2.24) is 0 Å². The molecule has 0 saturated heterocycles. The van der Waals surface area contributed by atoms with E-state index in [4.69, 9.17) is 0 Å². The van der Waals surface area contributed by atoms with E-state index < -0.39 is 0 Å². The highest BCUT2D eigenvalue weighted by atomic mass is 16.1. The molecule has 0 heterocycles. The molecule has 0 spiro atoms. The Hall–Kier alpha value is -1.99. The topological polar surface area (TPSA) is 46.5 Å². The first-order valence-corrected chi connectivity index (χ1v) is 3.62. The largest absolute Gasteiger partial charge is 0.289 e. The molecule has 3 nitrogen and oxygen atoms in total. The lowest BCUT2D eigenvalue weighted by Gasteiger charge is -1.94. The van der Waals surface area contributed by atoms with Gasteiger partial charge in [0.25, 0.3) is 0 Å². The Morgan fingerprint density at radius 1 is 1.38 bits per heavy atom. The van der Waals surface area contributed by atoms with Crippen LogP contribution in [0.1, 0.15) is 10.4 Å². The van der Waals surface area contributed by atoms with Gasteiger partial charge in [-0.1, -0.05) is 6.58 Å². The number of isocyanates is 1. The number of allylic oxidation sites excluding steroid dienone is 1. The van der Waals surface area contributed by atoms with Crippen molar-refractivity contribution in [3.05, 3.63) is 42.5 Å². The van der Waals surface area contributed by atoms with Crippen LogP contribution in [0.25, 0.3) is 0 Å². The number of carbonyl (C=O) groups is 1. The van der Waals surface area contributed by atoms with E-state index in [0.717, 1.165) is 0 Å². The maximum Gasteiger partial charge on any atom is 0.240 e. The summed E-state index contributed by atoms with van der Waals surface area (Å²) in [5.41, 5.74) is 1.01. The van der Waals surface area contributed by atoms with Gasteiger partial charge in [0.2, 0.25) is 6.08 Å². The van der Waals surface area contributed by atoms with Crippen molar-refractivity contribution < 1.29 is 9.59 Å². The van der Waals surface area contributed by atoms with Crippen LogP contribution < -0.4 is 0 Å². The van der Waals surface area contributed by atoms with Gasteiger partial charge in [-0.25, -0.2) is 4.79 Å². The van der Waals surface area contributed by atoms with Crippen molar-refractivity contribution in [3.8, 4) is 0 Å². The standard InChI is InChI=1S/C10H7NO2/c1-2-10(13)8-3-5-9(6-4-8)11-7-12/h2-6H,1H2. The lowest BCUT2D eigenvalue weighted by atomic mass is 10.1. The van der Waals surface area contributed by atoms with Crippen LogP contribution in [0.15, 0.2) is 41.9 Å². The van der Waals surface area contributed by atoms with E-state index in [0.29, 0.717) is 11.3 Å². The first-order valence-electron chi connectivity index (χ1n) is 3.62. The molecule has 64 valence electrons. The average Bonchev–Trinajstić information content (AvgIpc) is 2.18. The molecule has 0 N–H and O–H groups in total. The van der Waals surface area contributed by atoms with Crippen LogP contribution in [-0.2, 0) is 4.79 Å². The van der Waals surface area contributed by atoms with Gasteiger partial charge in [0.1, 0.15) is 0 Å². The maximum atomic E-state index is 11.1. The fraction of sp³-hybridized carbons (Fsp3) is 0. The number of hydrogen-bond donors (Lipinski definition) is 0. The van der Waals surface area contributed by atoms with Crippen LogP contribution in [-0.4, -0.2) is 11.9 Å². The molecular weight excluding hydrogens is 166 g/mol. The zero-order valence-corrected chi connectivity index (χ0v) is 6.86. The van der Waals surface area contributed by atoms with Crippen molar-refractivity contribution in [1.29, 1.82) is 0 Å². The minimum Gasteiger partial charge on any atom is -0.289 e. The van der Waals surface area contributed by atoms with Gasteiger partial charge in [0.05, 0.1) is 5.69 Å². The molecule has 0 aliphatic rings. The van der Waals surface area contributed by atoms with Gasteiger partial charge in [-0.15, -0.1) is 0 Å². The number of rotatable bonds is 3. The third kappa shape index (κ3) is 2.22. The molecule has 0 aliphatic carbocycles. The van der Waals surface area contributed by atoms with Gasteiger partial charge < -0.3 is 0 Å². The molecule has 0 atom stereocenters. The number of carbonyl (C=O) groups excluding carboxylic acids is 2. The molecule has 13 heavy (non-hydrogen) atoms. The molecule has 0 saturated carbocycles. The van der Waals surface area contributed by atoms with Gasteiger partial charge in [0.15, 0.2) is 5.78 Å². The van der Waals surface area contributed by atoms with Gasteiger partial charge in [-0.05, 0) is 30.3 Å². The predicted molar refractivity (Wildman–Crippen MR) is 48.8 cm³/mol. The van der Waals surface area contributed by atoms with Gasteiger partial charge in [-0.3, -0.25) is 4.79 Å². The number of aliphatic imine (C=N–C) groups is 1. The highest BCUT2D eigenvalue weighted by molar-refractivity contribution is 6.04. The first kappa shape index (κ1) is 9.10. The Labute approximate surface area is 75.4 Å². The molecule has 0 aromatic heterocycles. The smallest absolute Gasteiger partial charge is 0.240 e. The van der Waals surface area contributed by atoms with E-state index >= 15 is 0 Å². The second-order valence-electron chi connectivity index (χ2n) is 2.32. The molecule has 1 rings (SSSR count). The molecule has 0 unspecified atom stereocenters. The Kier molecular flexibility index (Phi) is 2.90. The second-order valence-corrected chi connectivity index (χ2v) is 2.32. The molecule has 3 heteroatoms. The summed E-state index contributed by atoms with van der Waals surface area (Å²) in [5, 5.41) is 0. The summed E-state index contributed by atoms with van der Waals surface area (Å²) in [4.78, 5) is 24.3. The highest BCUT2D eigenvalue weighted by Crippen LogP contribution is 2.12. The lowest BCUT2D eigenvalue weighted by Crippen LogP contribution is -1.91. The summed E-state index contributed by atoms with van der Waals surface area (Å²) >= 11 is 0. The second kappa shape index (κ2) is 4.14. The predicted octanol–water partition coefficient (Wildman–Crippen LogP) is 2.02. The van der Waals surface area contributed by atoms with E-state index in [1.165, 1.54) is 12.2 Å². The SMILES string of the molecule is C=CC(=O)c1ccc(N=C=O)cc1. The van der Waals surface area contributed by atoms with Crippen molar-refractivity contribution in [2.45, 2.75) is 0 Å². The summed E-state index contributed by atoms with van der Waals surface area (Å²) in [5.74, 6) is -0.151. The van der Waals surface area contributed by atoms with Gasteiger partial charge in [-0.2, -0.15) is 4.99 Å². The zero-order valence-electron chi connectivity index (χ0n) is 6.86. The minimum absolute atomic E-state index is 0.151. The van der Waals surface area contributed by atoms with Crippen molar-refractivity contribution in [2.24, 2.45) is 4.99 Å². The lowest BCUT2D eigenvalue weighted by molar-refractivity contribution is 0.104. The number of hydrogen-bond acceptors (Lipinski definition) is 3. The Balaban J connectivity index is 2.99. The third-order valence-corrected chi connectivity index (χ3v) is 1.51. The van der Waals surface area contributed by atoms with E-state index in [1.807, 2.05) is 0 Å². The van der Waals surface area contributed by atoms with Crippen LogP contribution in [0.2, 0.25) is 0 Å². The summed E-state index contributed by atoms with van der Waals surface area (Å²) in [6, 6.07) is 6.31. The first-order chi connectivity index (χ1) is 6.27. The molecule has 0 aliphatic heterocycles. The van der Waals surface area contributed by atoms with E-state index in [2.05, 4.69) is 11.6 Å². The van der Waals surface area contributed by atoms with Crippen LogP contribution in [0, 0.1) is 0 Å². The molecule has 0 fully saturated rings. The molecule has 1 aromatic carbocycles. The summed E-state index contributed by atoms with van der Waals surface area (Å²) in [7, 11) is 0. The third-order valence-electron chi connectivity index (χ3n) is 1.51. The monoisotopic (exact) mass is 173 g/mol. The highest BCUT2D eigenvalue weighted by Gasteiger charge is 1.99. The van der Waals surface area contributed by atoms with E-state index in [9.17, 15) is 9.59 Å². The molecular formula is C10H7NO2. The molecule has 1 aromatic rings. The van der Waals surface area contributed by atoms with Gasteiger partial charge in [0, 0.05) is 5.56 Å². The molecule has 0 radical (unpaired) electrons. The fourth-order valence-corrected chi connectivity index (χ4v) is 0.871. The number of ketones is 1. The summed E-state index contributed by atoms with van der Waals surface area (Å²) in [6.07, 6.45) is 2.65. The Morgan fingerprint density at radius 3 is 2.46 bits per heavy atom. The van der Waals surface area contributed by atoms with Gasteiger partial charge >= 0.3 is 0 Å². The van der Waals surface area contributed by atoms with Crippen molar-refractivity contribution >= 4 is 17.6 Å². The quantitative estimate of drug-likeness (QED) is 0.304. The van der Waals surface area contributed by atoms with Crippen LogP contribution >= 0.6 is 0 Å². The Bertz CT molecular complexity index is 372. The zero-order chi connectivity index (χ0) is 9.68. The average molecular weight is 173 g/mol. The van der Waals surface area contributed by atoms with Crippen molar-refractivity contribution in [3.63, 3.8) is 0 Å². The minimum atomic E-state index is -0.151. The van der Waals surface area contributed by atoms with Crippen LogP contribution in [0.4, 0.5) is 5.69 Å². The number of nitrogens with zero attached hydrogens (tertiary/aromatic N) is 1. The van der Waals surface area contributed by atoms with E-state index in [1.54, 1.807) is 24.3 Å². The maximum absolute atomic E-state index is 11.1. The number of benzene rings is 1. The summed E-state index contributed by atoms with van der Waals surface area (Å²) in [6.45, 7) is 3.36. The normalized spacial score (nSPS) is 8.62. The van der Waals surface area contributed by atoms with Crippen LogP contribution in [0.5, 0.6) is 0 Å². The van der Waals surface area contributed by atoms with Crippen LogP contribution in [0.3, 0.4) is 0 Å². The molecule has 0 bridgehead atoms. The fourth-order valence-electron chi connectivity index (χ4n) is 0.871. The van der Waals surface area contributed by atoms with E-state index in [-0.39, 0.29) is 5.78 Å². The molecule has 0 amide bonds. The summed E-state index contributed by atoms with van der Waals surface area (Å²) < 4.78 is 0. The Morgan fingerprint density at radius 2 is 2.00 bits per heavy atom.